The molecule has 11 nitrogen and oxygen atoms in total. The van der Waals surface area contributed by atoms with Crippen molar-refractivity contribution in [3.05, 3.63) is 28.3 Å². The zero-order valence-electron chi connectivity index (χ0n) is 24.3. The topological polar surface area (TPSA) is 177 Å². The number of primary amides is 1. The van der Waals surface area contributed by atoms with E-state index in [9.17, 15) is 34.8 Å². The number of aromatic hydroxyl groups is 1. The number of rotatable bonds is 6. The first kappa shape index (κ1) is 30.0. The molecular formula is C29H42N4O7. The number of Topliss-reactive ketones (excluding diaryl/α,β-unsaturated/α-hetero) is 2. The minimum Gasteiger partial charge on any atom is -0.507 e. The van der Waals surface area contributed by atoms with E-state index in [-0.39, 0.29) is 35.1 Å². The van der Waals surface area contributed by atoms with Crippen molar-refractivity contribution >= 4 is 28.9 Å². The molecule has 2 fully saturated rings. The Morgan fingerprint density at radius 2 is 1.80 bits per heavy atom. The third-order valence-electron chi connectivity index (χ3n) is 8.60. The molecule has 1 amide bonds. The minimum absolute atomic E-state index is 0.000652. The van der Waals surface area contributed by atoms with E-state index in [1.165, 1.54) is 0 Å². The Bertz CT molecular complexity index is 1280. The van der Waals surface area contributed by atoms with Crippen LogP contribution in [0.5, 0.6) is 5.75 Å². The molecule has 0 radical (unpaired) electrons. The molecule has 0 aliphatic heterocycles. The van der Waals surface area contributed by atoms with Crippen LogP contribution in [0.15, 0.2) is 11.6 Å². The number of likely N-dealkylation sites (N-methyl/N-ethyl adjacent to an activating group) is 1. The quantitative estimate of drug-likeness (QED) is 0.267. The molecule has 7 N–H and O–H groups in total. The van der Waals surface area contributed by atoms with Crippen LogP contribution in [0.2, 0.25) is 0 Å². The lowest BCUT2D eigenvalue weighted by molar-refractivity contribution is -0.184. The molecule has 0 saturated heterocycles. The number of ketones is 2. The number of benzene rings is 1. The summed E-state index contributed by atoms with van der Waals surface area (Å²) in [5.41, 5.74) is 4.64. The van der Waals surface area contributed by atoms with Crippen LogP contribution < -0.4 is 16.0 Å². The van der Waals surface area contributed by atoms with Gasteiger partial charge in [-0.25, -0.2) is 0 Å². The standard InChI is InChI=1S/C29H42N4O7/c1-28(2,3)12-31-11-14-10-17(32(4)5)15-8-13-9-16-21(33(6)7)24(36)20(27(30)39)26(38)29(16,40)25(37)18(13)23(35)19(15)22(14)34/h10,13,16,20-21,24,31,34-36,40H,8-9,11-12H2,1-7H3,(H2,30,39)/t13-,16-,20?,21-,24?,29-/m0/s1. The fraction of sp³-hybridized carbons (Fsp3) is 0.621. The van der Waals surface area contributed by atoms with Crippen LogP contribution in [0.1, 0.15) is 43.9 Å². The molecule has 2 saturated carbocycles. The van der Waals surface area contributed by atoms with Crippen molar-refractivity contribution in [3.63, 3.8) is 0 Å². The van der Waals surface area contributed by atoms with Gasteiger partial charge in [0.15, 0.2) is 11.4 Å². The monoisotopic (exact) mass is 558 g/mol. The van der Waals surface area contributed by atoms with Gasteiger partial charge in [-0.05, 0) is 49.9 Å². The number of carbonyl (C=O) groups is 3. The van der Waals surface area contributed by atoms with E-state index >= 15 is 0 Å². The zero-order chi connectivity index (χ0) is 30.1. The lowest BCUT2D eigenvalue weighted by Crippen LogP contribution is -2.73. The van der Waals surface area contributed by atoms with E-state index in [4.69, 9.17) is 5.73 Å². The average molecular weight is 559 g/mol. The van der Waals surface area contributed by atoms with Gasteiger partial charge in [0.25, 0.3) is 0 Å². The van der Waals surface area contributed by atoms with Crippen molar-refractivity contribution in [1.29, 1.82) is 0 Å². The highest BCUT2D eigenvalue weighted by Gasteiger charge is 2.67. The first-order valence-corrected chi connectivity index (χ1v) is 13.6. The Morgan fingerprint density at radius 1 is 1.18 bits per heavy atom. The van der Waals surface area contributed by atoms with Crippen molar-refractivity contribution in [3.8, 4) is 5.75 Å². The van der Waals surface area contributed by atoms with E-state index in [0.717, 1.165) is 5.69 Å². The second-order valence-electron chi connectivity index (χ2n) is 13.1. The van der Waals surface area contributed by atoms with Gasteiger partial charge >= 0.3 is 0 Å². The van der Waals surface area contributed by atoms with Crippen molar-refractivity contribution in [1.82, 2.24) is 10.2 Å². The molecule has 6 atom stereocenters. The molecule has 3 aliphatic carbocycles. The van der Waals surface area contributed by atoms with E-state index in [1.807, 2.05) is 25.1 Å². The van der Waals surface area contributed by atoms with Gasteiger partial charge < -0.3 is 41.3 Å². The molecule has 220 valence electrons. The normalized spacial score (nSPS) is 30.2. The first-order chi connectivity index (χ1) is 18.4. The van der Waals surface area contributed by atoms with Crippen molar-refractivity contribution in [2.24, 2.45) is 28.9 Å². The second kappa shape index (κ2) is 10.1. The van der Waals surface area contributed by atoms with E-state index in [2.05, 4.69) is 26.1 Å². The summed E-state index contributed by atoms with van der Waals surface area (Å²) in [5.74, 6) is -7.43. The van der Waals surface area contributed by atoms with Crippen molar-refractivity contribution in [2.45, 2.75) is 57.9 Å². The maximum absolute atomic E-state index is 14.0. The summed E-state index contributed by atoms with van der Waals surface area (Å²) >= 11 is 0. The number of phenols is 1. The maximum atomic E-state index is 14.0. The molecule has 0 bridgehead atoms. The van der Waals surface area contributed by atoms with Gasteiger partial charge in [-0.3, -0.25) is 14.4 Å². The number of aliphatic hydroxyl groups is 3. The molecule has 11 heteroatoms. The number of aliphatic hydroxyl groups excluding tert-OH is 2. The summed E-state index contributed by atoms with van der Waals surface area (Å²) in [6, 6.07) is 0.934. The smallest absolute Gasteiger partial charge is 0.230 e. The Labute approximate surface area is 234 Å². The maximum Gasteiger partial charge on any atom is 0.230 e. The van der Waals surface area contributed by atoms with Gasteiger partial charge in [0.05, 0.1) is 11.7 Å². The van der Waals surface area contributed by atoms with Crippen LogP contribution >= 0.6 is 0 Å². The Hall–Kier alpha value is -2.99. The Morgan fingerprint density at radius 3 is 2.33 bits per heavy atom. The summed E-state index contributed by atoms with van der Waals surface area (Å²) in [5, 5.41) is 49.0. The first-order valence-electron chi connectivity index (χ1n) is 13.6. The molecule has 4 rings (SSSR count). The number of phenolic OH excluding ortho intramolecular Hbond substituents is 1. The van der Waals surface area contributed by atoms with Gasteiger partial charge in [0.1, 0.15) is 17.4 Å². The van der Waals surface area contributed by atoms with Gasteiger partial charge in [-0.2, -0.15) is 0 Å². The number of hydrogen-bond acceptors (Lipinski definition) is 10. The summed E-state index contributed by atoms with van der Waals surface area (Å²) in [4.78, 5) is 43.2. The molecule has 1 aromatic carbocycles. The van der Waals surface area contributed by atoms with Gasteiger partial charge in [-0.1, -0.05) is 20.8 Å². The highest BCUT2D eigenvalue weighted by atomic mass is 16.3. The molecule has 0 heterocycles. The fourth-order valence-electron chi connectivity index (χ4n) is 6.81. The van der Waals surface area contributed by atoms with Crippen molar-refractivity contribution < 1.29 is 34.8 Å². The van der Waals surface area contributed by atoms with E-state index in [1.54, 1.807) is 19.0 Å². The van der Waals surface area contributed by atoms with Crippen LogP contribution in [0, 0.1) is 23.2 Å². The van der Waals surface area contributed by atoms with Crippen LogP contribution in [-0.2, 0) is 27.3 Å². The molecule has 2 unspecified atom stereocenters. The highest BCUT2D eigenvalue weighted by molar-refractivity contribution is 6.25. The molecule has 40 heavy (non-hydrogen) atoms. The molecular weight excluding hydrogens is 516 g/mol. The lowest BCUT2D eigenvalue weighted by atomic mass is 9.54. The minimum atomic E-state index is -2.67. The van der Waals surface area contributed by atoms with Gasteiger partial charge in [0, 0.05) is 56.0 Å². The second-order valence-corrected chi connectivity index (χ2v) is 13.1. The summed E-state index contributed by atoms with van der Waals surface area (Å²) in [6.07, 6.45) is -1.17. The zero-order valence-corrected chi connectivity index (χ0v) is 24.3. The molecule has 0 spiro atoms. The van der Waals surface area contributed by atoms with E-state index < -0.39 is 58.7 Å². The fourth-order valence-corrected chi connectivity index (χ4v) is 6.81. The molecule has 3 aliphatic rings. The van der Waals surface area contributed by atoms with Crippen LogP contribution in [0.25, 0.3) is 5.76 Å². The summed E-state index contributed by atoms with van der Waals surface area (Å²) in [7, 11) is 6.96. The van der Waals surface area contributed by atoms with Gasteiger partial charge in [-0.15, -0.1) is 0 Å². The molecule has 0 aromatic heterocycles. The van der Waals surface area contributed by atoms with Crippen molar-refractivity contribution in [2.75, 3.05) is 39.6 Å². The third-order valence-corrected chi connectivity index (χ3v) is 8.60. The largest absolute Gasteiger partial charge is 0.507 e. The predicted octanol–water partition coefficient (Wildman–Crippen LogP) is 0.331. The lowest BCUT2D eigenvalue weighted by Gasteiger charge is -2.53. The SMILES string of the molecule is CN(C)c1cc(CNCC(C)(C)C)c(O)c2c1C[C@H]1C[C@H]3[C@H](N(C)C)C(O)C(C(N)=O)C(=O)[C@@]3(O)C(=O)C1=C2O. The highest BCUT2D eigenvalue weighted by Crippen LogP contribution is 2.53. The third kappa shape index (κ3) is 4.58. The number of anilines is 1. The van der Waals surface area contributed by atoms with Crippen LogP contribution in [-0.4, -0.2) is 95.3 Å². The number of nitrogens with one attached hydrogen (secondary N) is 1. The number of nitrogens with zero attached hydrogens (tertiary/aromatic N) is 2. The predicted molar refractivity (Wildman–Crippen MR) is 150 cm³/mol. The number of hydrogen-bond donors (Lipinski definition) is 6. The molecule has 1 aromatic rings. The Balaban J connectivity index is 1.88. The summed E-state index contributed by atoms with van der Waals surface area (Å²) < 4.78 is 0. The van der Waals surface area contributed by atoms with E-state index in [0.29, 0.717) is 24.2 Å². The number of carbonyl (C=O) groups excluding carboxylic acids is 3. The van der Waals surface area contributed by atoms with Crippen LogP contribution in [0.3, 0.4) is 0 Å². The average Bonchev–Trinajstić information content (AvgIpc) is 2.81. The summed E-state index contributed by atoms with van der Waals surface area (Å²) in [6.45, 7) is 7.22. The number of fused-ring (bicyclic) bond motifs is 3. The van der Waals surface area contributed by atoms with Crippen LogP contribution in [0.4, 0.5) is 5.69 Å². The number of amides is 1. The number of nitrogens with two attached hydrogens (primary N) is 1. The Kier molecular flexibility index (Phi) is 7.59. The van der Waals surface area contributed by atoms with Gasteiger partial charge in [0.2, 0.25) is 11.7 Å².